The number of likely N-dealkylation sites (N-methyl/N-ethyl adjacent to an activating group) is 1. The minimum absolute atomic E-state index is 0.0542. The first-order valence-corrected chi connectivity index (χ1v) is 5.78. The fraction of sp³-hybridized carbons (Fsp3) is 0.818. The van der Waals surface area contributed by atoms with Gasteiger partial charge in [-0.2, -0.15) is 0 Å². The van der Waals surface area contributed by atoms with Gasteiger partial charge in [-0.05, 0) is 25.8 Å². The number of rotatable bonds is 4. The lowest BCUT2D eigenvalue weighted by Crippen LogP contribution is -2.48. The number of carbonyl (C=O) groups excluding carboxylic acids is 1. The lowest BCUT2D eigenvalue weighted by Gasteiger charge is -2.30. The molecular formula is C11H20N2O3. The second kappa shape index (κ2) is 5.84. The standard InChI is InChI=1S/C11H20N2O3/c1-3-9(11(15)16)13(2)10(14)8-5-4-6-12-7-8/h8-9,12H,3-7H2,1-2H3,(H,15,16). The number of hydrogen-bond donors (Lipinski definition) is 2. The molecule has 0 aromatic carbocycles. The van der Waals surface area contributed by atoms with Gasteiger partial charge in [0.1, 0.15) is 6.04 Å². The van der Waals surface area contributed by atoms with Crippen LogP contribution < -0.4 is 5.32 Å². The Morgan fingerprint density at radius 2 is 2.25 bits per heavy atom. The summed E-state index contributed by atoms with van der Waals surface area (Å²) in [5.74, 6) is -1.05. The van der Waals surface area contributed by atoms with Crippen LogP contribution in [0, 0.1) is 5.92 Å². The van der Waals surface area contributed by atoms with E-state index in [-0.39, 0.29) is 11.8 Å². The molecule has 1 fully saturated rings. The number of carboxylic acids is 1. The largest absolute Gasteiger partial charge is 0.480 e. The van der Waals surface area contributed by atoms with Crippen LogP contribution in [0.4, 0.5) is 0 Å². The number of hydrogen-bond acceptors (Lipinski definition) is 3. The highest BCUT2D eigenvalue weighted by molar-refractivity contribution is 5.85. The molecule has 0 bridgehead atoms. The first-order valence-electron chi connectivity index (χ1n) is 5.78. The minimum atomic E-state index is -0.929. The Balaban J connectivity index is 2.60. The maximum absolute atomic E-state index is 12.0. The number of carbonyl (C=O) groups is 2. The molecule has 0 saturated carbocycles. The third-order valence-electron chi connectivity index (χ3n) is 3.13. The third-order valence-corrected chi connectivity index (χ3v) is 3.13. The van der Waals surface area contributed by atoms with E-state index in [4.69, 9.17) is 5.11 Å². The van der Waals surface area contributed by atoms with E-state index in [0.717, 1.165) is 19.4 Å². The Labute approximate surface area is 95.8 Å². The second-order valence-electron chi connectivity index (χ2n) is 4.25. The summed E-state index contributed by atoms with van der Waals surface area (Å²) in [4.78, 5) is 24.4. The quantitative estimate of drug-likeness (QED) is 0.726. The predicted molar refractivity (Wildman–Crippen MR) is 60.1 cm³/mol. The zero-order chi connectivity index (χ0) is 12.1. The summed E-state index contributed by atoms with van der Waals surface area (Å²) in [7, 11) is 1.58. The molecule has 0 aliphatic carbocycles. The summed E-state index contributed by atoms with van der Waals surface area (Å²) < 4.78 is 0. The fourth-order valence-electron chi connectivity index (χ4n) is 2.12. The van der Waals surface area contributed by atoms with Crippen molar-refractivity contribution in [3.05, 3.63) is 0 Å². The van der Waals surface area contributed by atoms with Gasteiger partial charge < -0.3 is 15.3 Å². The minimum Gasteiger partial charge on any atom is -0.480 e. The number of amides is 1. The van der Waals surface area contributed by atoms with Gasteiger partial charge in [0, 0.05) is 13.6 Å². The van der Waals surface area contributed by atoms with Gasteiger partial charge in [0.25, 0.3) is 0 Å². The van der Waals surface area contributed by atoms with Crippen molar-refractivity contribution in [2.24, 2.45) is 5.92 Å². The van der Waals surface area contributed by atoms with Gasteiger partial charge >= 0.3 is 5.97 Å². The number of nitrogens with one attached hydrogen (secondary N) is 1. The van der Waals surface area contributed by atoms with E-state index in [1.165, 1.54) is 4.90 Å². The van der Waals surface area contributed by atoms with Crippen LogP contribution in [0.2, 0.25) is 0 Å². The van der Waals surface area contributed by atoms with Crippen molar-refractivity contribution in [2.45, 2.75) is 32.2 Å². The molecule has 0 spiro atoms. The van der Waals surface area contributed by atoms with Gasteiger partial charge in [-0.15, -0.1) is 0 Å². The molecule has 1 aliphatic heterocycles. The van der Waals surface area contributed by atoms with Crippen LogP contribution in [-0.2, 0) is 9.59 Å². The number of nitrogens with zero attached hydrogens (tertiary/aromatic N) is 1. The maximum Gasteiger partial charge on any atom is 0.326 e. The van der Waals surface area contributed by atoms with Crippen LogP contribution in [0.1, 0.15) is 26.2 Å². The van der Waals surface area contributed by atoms with Crippen molar-refractivity contribution in [3.8, 4) is 0 Å². The molecule has 5 heteroatoms. The average Bonchev–Trinajstić information content (AvgIpc) is 2.29. The second-order valence-corrected chi connectivity index (χ2v) is 4.25. The molecule has 1 rings (SSSR count). The summed E-state index contributed by atoms with van der Waals surface area (Å²) in [6, 6.07) is -0.700. The van der Waals surface area contributed by atoms with Gasteiger partial charge in [0.2, 0.25) is 5.91 Å². The van der Waals surface area contributed by atoms with Crippen molar-refractivity contribution in [3.63, 3.8) is 0 Å². The number of carboxylic acid groups (broad SMARTS) is 1. The Morgan fingerprint density at radius 1 is 1.56 bits per heavy atom. The molecule has 5 nitrogen and oxygen atoms in total. The molecular weight excluding hydrogens is 208 g/mol. The molecule has 1 aliphatic rings. The van der Waals surface area contributed by atoms with E-state index in [9.17, 15) is 9.59 Å². The molecule has 2 N–H and O–H groups in total. The third kappa shape index (κ3) is 2.95. The van der Waals surface area contributed by atoms with Crippen molar-refractivity contribution in [1.82, 2.24) is 10.2 Å². The van der Waals surface area contributed by atoms with E-state index >= 15 is 0 Å². The maximum atomic E-state index is 12.0. The summed E-state index contributed by atoms with van der Waals surface area (Å²) in [6.07, 6.45) is 2.28. The van der Waals surface area contributed by atoms with Gasteiger partial charge in [0.05, 0.1) is 5.92 Å². The smallest absolute Gasteiger partial charge is 0.326 e. The van der Waals surface area contributed by atoms with E-state index in [1.807, 2.05) is 0 Å². The van der Waals surface area contributed by atoms with Gasteiger partial charge in [-0.25, -0.2) is 4.79 Å². The molecule has 0 aromatic heterocycles. The van der Waals surface area contributed by atoms with E-state index in [1.54, 1.807) is 14.0 Å². The fourth-order valence-corrected chi connectivity index (χ4v) is 2.12. The summed E-state index contributed by atoms with van der Waals surface area (Å²) >= 11 is 0. The lowest BCUT2D eigenvalue weighted by molar-refractivity contribution is -0.151. The van der Waals surface area contributed by atoms with Crippen molar-refractivity contribution >= 4 is 11.9 Å². The number of aliphatic carboxylic acids is 1. The molecule has 0 aromatic rings. The van der Waals surface area contributed by atoms with Crippen LogP contribution in [0.3, 0.4) is 0 Å². The SMILES string of the molecule is CCC(C(=O)O)N(C)C(=O)C1CCCNC1. The summed E-state index contributed by atoms with van der Waals surface area (Å²) in [6.45, 7) is 3.39. The highest BCUT2D eigenvalue weighted by Crippen LogP contribution is 2.15. The Kier molecular flexibility index (Phi) is 4.73. The first kappa shape index (κ1) is 13.0. The van der Waals surface area contributed by atoms with Crippen LogP contribution in [0.15, 0.2) is 0 Å². The molecule has 2 atom stereocenters. The van der Waals surface area contributed by atoms with E-state index < -0.39 is 12.0 Å². The molecule has 1 heterocycles. The van der Waals surface area contributed by atoms with Crippen LogP contribution in [0.25, 0.3) is 0 Å². The highest BCUT2D eigenvalue weighted by Gasteiger charge is 2.30. The van der Waals surface area contributed by atoms with Gasteiger partial charge in [0.15, 0.2) is 0 Å². The van der Waals surface area contributed by atoms with Gasteiger partial charge in [-0.3, -0.25) is 4.79 Å². The van der Waals surface area contributed by atoms with Gasteiger partial charge in [-0.1, -0.05) is 6.92 Å². The lowest BCUT2D eigenvalue weighted by atomic mass is 9.97. The predicted octanol–water partition coefficient (Wildman–Crippen LogP) is 0.308. The monoisotopic (exact) mass is 228 g/mol. The van der Waals surface area contributed by atoms with Crippen molar-refractivity contribution in [1.29, 1.82) is 0 Å². The Hall–Kier alpha value is -1.10. The molecule has 0 radical (unpaired) electrons. The topological polar surface area (TPSA) is 69.6 Å². The summed E-state index contributed by atoms with van der Waals surface area (Å²) in [5, 5.41) is 12.1. The molecule has 2 unspecified atom stereocenters. The number of piperidine rings is 1. The Bertz CT molecular complexity index is 262. The summed E-state index contributed by atoms with van der Waals surface area (Å²) in [5.41, 5.74) is 0. The van der Waals surface area contributed by atoms with Crippen LogP contribution in [-0.4, -0.2) is 48.1 Å². The average molecular weight is 228 g/mol. The molecule has 1 amide bonds. The zero-order valence-corrected chi connectivity index (χ0v) is 9.90. The molecule has 1 saturated heterocycles. The van der Waals surface area contributed by atoms with Crippen molar-refractivity contribution < 1.29 is 14.7 Å². The first-order chi connectivity index (χ1) is 7.57. The normalized spacial score (nSPS) is 22.5. The van der Waals surface area contributed by atoms with E-state index in [2.05, 4.69) is 5.32 Å². The highest BCUT2D eigenvalue weighted by atomic mass is 16.4. The molecule has 92 valence electrons. The van der Waals surface area contributed by atoms with Crippen LogP contribution >= 0.6 is 0 Å². The van der Waals surface area contributed by atoms with Crippen molar-refractivity contribution in [2.75, 3.05) is 20.1 Å². The van der Waals surface area contributed by atoms with Crippen LogP contribution in [0.5, 0.6) is 0 Å². The Morgan fingerprint density at radius 3 is 2.69 bits per heavy atom. The van der Waals surface area contributed by atoms with E-state index in [0.29, 0.717) is 13.0 Å². The molecule has 16 heavy (non-hydrogen) atoms. The zero-order valence-electron chi connectivity index (χ0n) is 9.90.